The number of tetrazole rings is 1. The molecule has 3 aromatic heterocycles. The van der Waals surface area contributed by atoms with Gasteiger partial charge in [-0.15, -0.1) is 21.5 Å². The lowest BCUT2D eigenvalue weighted by atomic mass is 10.2. The van der Waals surface area contributed by atoms with Crippen LogP contribution in [0.1, 0.15) is 10.4 Å². The van der Waals surface area contributed by atoms with Crippen LogP contribution in [-0.2, 0) is 13.1 Å². The summed E-state index contributed by atoms with van der Waals surface area (Å²) in [5.74, 6) is 1.58. The van der Waals surface area contributed by atoms with Crippen LogP contribution in [0.3, 0.4) is 0 Å². The van der Waals surface area contributed by atoms with Gasteiger partial charge in [0.1, 0.15) is 12.4 Å². The topological polar surface area (TPSA) is 79.8 Å². The largest absolute Gasteiger partial charge is 0.492 e. The van der Waals surface area contributed by atoms with Crippen LogP contribution in [0.5, 0.6) is 5.75 Å². The Kier molecular flexibility index (Phi) is 3.53. The molecule has 0 aliphatic carbocycles. The second-order valence-corrected chi connectivity index (χ2v) is 6.21. The molecule has 0 amide bonds. The summed E-state index contributed by atoms with van der Waals surface area (Å²) in [6, 6.07) is 6.08. The second kappa shape index (κ2) is 5.82. The molecule has 0 bridgehead atoms. The first-order valence-electron chi connectivity index (χ1n) is 6.99. The summed E-state index contributed by atoms with van der Waals surface area (Å²) in [5, 5.41) is 14.1. The molecule has 3 aromatic rings. The molecular formula is C14H14N6OS. The van der Waals surface area contributed by atoms with Crippen LogP contribution in [0.4, 0.5) is 0 Å². The van der Waals surface area contributed by atoms with Gasteiger partial charge in [0.15, 0.2) is 0 Å². The van der Waals surface area contributed by atoms with Crippen molar-refractivity contribution in [2.45, 2.75) is 13.1 Å². The number of ether oxygens (including phenoxy) is 1. The van der Waals surface area contributed by atoms with Gasteiger partial charge in [-0.2, -0.15) is 5.21 Å². The van der Waals surface area contributed by atoms with Crippen molar-refractivity contribution in [3.8, 4) is 16.5 Å². The highest BCUT2D eigenvalue weighted by Crippen LogP contribution is 2.27. The van der Waals surface area contributed by atoms with E-state index in [0.717, 1.165) is 35.8 Å². The van der Waals surface area contributed by atoms with Crippen molar-refractivity contribution in [1.82, 2.24) is 30.5 Å². The quantitative estimate of drug-likeness (QED) is 0.793. The molecule has 0 saturated carbocycles. The zero-order valence-corrected chi connectivity index (χ0v) is 12.6. The summed E-state index contributed by atoms with van der Waals surface area (Å²) in [7, 11) is 0. The van der Waals surface area contributed by atoms with Gasteiger partial charge in [-0.1, -0.05) is 0 Å². The van der Waals surface area contributed by atoms with Crippen molar-refractivity contribution in [2.24, 2.45) is 0 Å². The lowest BCUT2D eigenvalue weighted by molar-refractivity contribution is 0.221. The van der Waals surface area contributed by atoms with E-state index in [2.05, 4.69) is 36.6 Å². The van der Waals surface area contributed by atoms with Crippen molar-refractivity contribution in [3.05, 3.63) is 41.0 Å². The molecule has 0 saturated heterocycles. The molecule has 8 heteroatoms. The number of aromatic nitrogens is 5. The Morgan fingerprint density at radius 3 is 3.23 bits per heavy atom. The Morgan fingerprint density at radius 2 is 2.32 bits per heavy atom. The average Bonchev–Trinajstić information content (AvgIpc) is 3.16. The van der Waals surface area contributed by atoms with Gasteiger partial charge in [-0.3, -0.25) is 9.88 Å². The van der Waals surface area contributed by atoms with Crippen molar-refractivity contribution in [2.75, 3.05) is 13.2 Å². The molecule has 0 fully saturated rings. The lowest BCUT2D eigenvalue weighted by Crippen LogP contribution is -2.24. The molecule has 112 valence electrons. The Hall–Kier alpha value is -2.32. The summed E-state index contributed by atoms with van der Waals surface area (Å²) in [6.07, 6.45) is 3.65. The minimum atomic E-state index is 0.644. The first kappa shape index (κ1) is 13.4. The zero-order valence-electron chi connectivity index (χ0n) is 11.8. The van der Waals surface area contributed by atoms with Crippen LogP contribution < -0.4 is 4.74 Å². The fourth-order valence-corrected chi connectivity index (χ4v) is 3.46. The van der Waals surface area contributed by atoms with Crippen LogP contribution in [-0.4, -0.2) is 43.7 Å². The molecular weight excluding hydrogens is 300 g/mol. The van der Waals surface area contributed by atoms with Gasteiger partial charge in [0.25, 0.3) is 0 Å². The molecule has 0 atom stereocenters. The maximum atomic E-state index is 5.77. The smallest absolute Gasteiger partial charge is 0.214 e. The summed E-state index contributed by atoms with van der Waals surface area (Å²) in [4.78, 5) is 8.84. The number of nitrogens with zero attached hydrogens (tertiary/aromatic N) is 5. The van der Waals surface area contributed by atoms with Gasteiger partial charge in [-0.25, -0.2) is 0 Å². The molecule has 4 rings (SSSR count). The number of hydrogen-bond donors (Lipinski definition) is 1. The van der Waals surface area contributed by atoms with Crippen molar-refractivity contribution < 1.29 is 4.74 Å². The number of aromatic amines is 1. The van der Waals surface area contributed by atoms with Gasteiger partial charge in [0.05, 0.1) is 4.88 Å². The normalized spacial score (nSPS) is 15.1. The highest BCUT2D eigenvalue weighted by Gasteiger charge is 2.16. The van der Waals surface area contributed by atoms with E-state index in [0.29, 0.717) is 12.4 Å². The van der Waals surface area contributed by atoms with E-state index in [1.165, 1.54) is 4.88 Å². The van der Waals surface area contributed by atoms with Crippen LogP contribution in [0, 0.1) is 0 Å². The van der Waals surface area contributed by atoms with Crippen LogP contribution in [0.25, 0.3) is 10.7 Å². The highest BCUT2D eigenvalue weighted by atomic mass is 32.1. The van der Waals surface area contributed by atoms with Crippen molar-refractivity contribution in [1.29, 1.82) is 0 Å². The first-order chi connectivity index (χ1) is 10.9. The van der Waals surface area contributed by atoms with Crippen LogP contribution in [0.2, 0.25) is 0 Å². The predicted molar refractivity (Wildman–Crippen MR) is 81.3 cm³/mol. The molecule has 7 nitrogen and oxygen atoms in total. The molecule has 22 heavy (non-hydrogen) atoms. The zero-order chi connectivity index (χ0) is 14.8. The van der Waals surface area contributed by atoms with Crippen LogP contribution >= 0.6 is 11.3 Å². The minimum absolute atomic E-state index is 0.644. The molecule has 0 unspecified atom stereocenters. The molecule has 1 aliphatic heterocycles. The maximum Gasteiger partial charge on any atom is 0.214 e. The minimum Gasteiger partial charge on any atom is -0.492 e. The Bertz CT molecular complexity index is 756. The number of thiophene rings is 1. The predicted octanol–water partition coefficient (Wildman–Crippen LogP) is 1.72. The lowest BCUT2D eigenvalue weighted by Gasteiger charge is -2.17. The summed E-state index contributed by atoms with van der Waals surface area (Å²) in [5.41, 5.74) is 1.13. The van der Waals surface area contributed by atoms with Crippen molar-refractivity contribution in [3.63, 3.8) is 0 Å². The third-order valence-electron chi connectivity index (χ3n) is 3.52. The number of hydrogen-bond acceptors (Lipinski definition) is 7. The van der Waals surface area contributed by atoms with E-state index in [1.807, 2.05) is 18.3 Å². The first-order valence-corrected chi connectivity index (χ1v) is 7.81. The van der Waals surface area contributed by atoms with Gasteiger partial charge in [0, 0.05) is 42.5 Å². The molecule has 4 heterocycles. The molecule has 1 N–H and O–H groups in total. The van der Waals surface area contributed by atoms with Gasteiger partial charge in [0.2, 0.25) is 5.82 Å². The van der Waals surface area contributed by atoms with E-state index in [4.69, 9.17) is 4.74 Å². The SMILES string of the molecule is c1cc2c(cn1)CN(Cc1ccc(-c3nn[nH]n3)s1)CCO2. The van der Waals surface area contributed by atoms with E-state index < -0.39 is 0 Å². The van der Waals surface area contributed by atoms with Crippen LogP contribution in [0.15, 0.2) is 30.6 Å². The van der Waals surface area contributed by atoms with E-state index >= 15 is 0 Å². The third-order valence-corrected chi connectivity index (χ3v) is 4.59. The molecule has 1 aliphatic rings. The second-order valence-electron chi connectivity index (χ2n) is 5.04. The Morgan fingerprint density at radius 1 is 1.32 bits per heavy atom. The fourth-order valence-electron chi connectivity index (χ4n) is 2.48. The number of rotatable bonds is 3. The van der Waals surface area contributed by atoms with E-state index in [-0.39, 0.29) is 0 Å². The number of pyridine rings is 1. The highest BCUT2D eigenvalue weighted by molar-refractivity contribution is 7.15. The Labute approximate surface area is 131 Å². The van der Waals surface area contributed by atoms with E-state index in [1.54, 1.807) is 17.5 Å². The maximum absolute atomic E-state index is 5.77. The van der Waals surface area contributed by atoms with Gasteiger partial charge < -0.3 is 4.74 Å². The number of H-pyrrole nitrogens is 1. The van der Waals surface area contributed by atoms with Gasteiger partial charge in [-0.05, 0) is 23.4 Å². The summed E-state index contributed by atoms with van der Waals surface area (Å²) in [6.45, 7) is 3.31. The third kappa shape index (κ3) is 2.70. The molecule has 0 spiro atoms. The fraction of sp³-hybridized carbons (Fsp3) is 0.286. The van der Waals surface area contributed by atoms with E-state index in [9.17, 15) is 0 Å². The molecule has 0 aromatic carbocycles. The molecule has 0 radical (unpaired) electrons. The standard InChI is InChI=1S/C14H14N6OS/c1-2-13(14-16-18-19-17-14)22-11(1)9-20-5-6-21-12-3-4-15-7-10(12)8-20/h1-4,7H,5-6,8-9H2,(H,16,17,18,19). The monoisotopic (exact) mass is 314 g/mol. The Balaban J connectivity index is 1.50. The average molecular weight is 314 g/mol. The number of fused-ring (bicyclic) bond motifs is 1. The summed E-state index contributed by atoms with van der Waals surface area (Å²) < 4.78 is 5.77. The number of nitrogens with one attached hydrogen (secondary N) is 1. The summed E-state index contributed by atoms with van der Waals surface area (Å²) >= 11 is 1.69. The van der Waals surface area contributed by atoms with Crippen molar-refractivity contribution >= 4 is 11.3 Å². The van der Waals surface area contributed by atoms with Gasteiger partial charge >= 0.3 is 0 Å².